The van der Waals surface area contributed by atoms with Gasteiger partial charge in [-0.3, -0.25) is 4.79 Å². The van der Waals surface area contributed by atoms with Crippen LogP contribution in [0.25, 0.3) is 0 Å². The Hall–Kier alpha value is -2.49. The van der Waals surface area contributed by atoms with E-state index in [1.807, 2.05) is 51.1 Å². The van der Waals surface area contributed by atoms with Gasteiger partial charge in [-0.2, -0.15) is 0 Å². The number of nitrogens with one attached hydrogen (secondary N) is 1. The first kappa shape index (κ1) is 19.8. The molecule has 0 radical (unpaired) electrons. The molecule has 0 aromatic heterocycles. The number of hydrogen-bond donors (Lipinski definition) is 1. The first-order chi connectivity index (χ1) is 12.5. The average molecular weight is 355 g/mol. The highest BCUT2D eigenvalue weighted by Crippen LogP contribution is 2.21. The lowest BCUT2D eigenvalue weighted by molar-refractivity contribution is -0.128. The fraction of sp³-hybridized carbons (Fsp3) is 0.409. The summed E-state index contributed by atoms with van der Waals surface area (Å²) in [6.45, 7) is 8.93. The highest BCUT2D eigenvalue weighted by molar-refractivity contribution is 5.81. The molecular weight excluding hydrogens is 326 g/mol. The molecule has 4 heteroatoms. The second-order valence-electron chi connectivity index (χ2n) is 6.42. The molecule has 0 aliphatic rings. The number of aryl methyl sites for hydroxylation is 3. The number of carbonyl (C=O) groups is 1. The van der Waals surface area contributed by atoms with E-state index >= 15 is 0 Å². The average Bonchev–Trinajstić information content (AvgIpc) is 2.66. The van der Waals surface area contributed by atoms with E-state index in [0.29, 0.717) is 19.6 Å². The van der Waals surface area contributed by atoms with Crippen molar-refractivity contribution in [1.82, 2.24) is 5.32 Å². The number of amides is 1. The maximum atomic E-state index is 12.4. The van der Waals surface area contributed by atoms with Crippen LogP contribution in [-0.4, -0.2) is 25.2 Å². The van der Waals surface area contributed by atoms with Gasteiger partial charge >= 0.3 is 0 Å². The van der Waals surface area contributed by atoms with Crippen LogP contribution >= 0.6 is 0 Å². The third-order valence-electron chi connectivity index (χ3n) is 4.28. The van der Waals surface area contributed by atoms with Crippen molar-refractivity contribution in [1.29, 1.82) is 0 Å². The van der Waals surface area contributed by atoms with Crippen molar-refractivity contribution >= 4 is 5.91 Å². The third kappa shape index (κ3) is 5.80. The molecule has 2 rings (SSSR count). The maximum Gasteiger partial charge on any atom is 0.261 e. The predicted molar refractivity (Wildman–Crippen MR) is 105 cm³/mol. The van der Waals surface area contributed by atoms with Gasteiger partial charge < -0.3 is 14.8 Å². The molecule has 26 heavy (non-hydrogen) atoms. The summed E-state index contributed by atoms with van der Waals surface area (Å²) in [5.74, 6) is 1.47. The zero-order chi connectivity index (χ0) is 18.9. The molecule has 1 N–H and O–H groups in total. The molecule has 2 aromatic rings. The molecule has 0 saturated heterocycles. The van der Waals surface area contributed by atoms with Crippen LogP contribution in [0.3, 0.4) is 0 Å². The van der Waals surface area contributed by atoms with Crippen molar-refractivity contribution in [2.45, 2.75) is 46.6 Å². The van der Waals surface area contributed by atoms with Gasteiger partial charge in [-0.05, 0) is 61.6 Å². The summed E-state index contributed by atoms with van der Waals surface area (Å²) in [6, 6.07) is 14.0. The van der Waals surface area contributed by atoms with Gasteiger partial charge in [0, 0.05) is 0 Å². The van der Waals surface area contributed by atoms with Crippen LogP contribution in [0.4, 0.5) is 0 Å². The molecule has 1 atom stereocenters. The number of rotatable bonds is 9. The van der Waals surface area contributed by atoms with Gasteiger partial charge in [0.1, 0.15) is 18.1 Å². The van der Waals surface area contributed by atoms with Crippen LogP contribution in [0.2, 0.25) is 0 Å². The molecule has 0 bridgehead atoms. The lowest BCUT2D eigenvalue weighted by atomic mass is 10.1. The van der Waals surface area contributed by atoms with E-state index in [9.17, 15) is 4.79 Å². The monoisotopic (exact) mass is 355 g/mol. The van der Waals surface area contributed by atoms with Crippen LogP contribution in [-0.2, 0) is 11.2 Å². The Bertz CT molecular complexity index is 710. The van der Waals surface area contributed by atoms with Gasteiger partial charge in [-0.15, -0.1) is 0 Å². The summed E-state index contributed by atoms with van der Waals surface area (Å²) in [5.41, 5.74) is 3.42. The molecule has 4 nitrogen and oxygen atoms in total. The van der Waals surface area contributed by atoms with Gasteiger partial charge in [-0.25, -0.2) is 0 Å². The molecule has 0 saturated carbocycles. The minimum absolute atomic E-state index is 0.113. The van der Waals surface area contributed by atoms with Gasteiger partial charge in [0.05, 0.1) is 6.54 Å². The Morgan fingerprint density at radius 1 is 1.08 bits per heavy atom. The lowest BCUT2D eigenvalue weighted by Gasteiger charge is -2.19. The topological polar surface area (TPSA) is 47.6 Å². The fourth-order valence-electron chi connectivity index (χ4n) is 2.59. The summed E-state index contributed by atoms with van der Waals surface area (Å²) in [5, 5.41) is 2.89. The SMILES string of the molecule is CCc1ccc(OCCNC(=O)[C@@H](CC)Oc2cc(C)ccc2C)cc1. The Balaban J connectivity index is 1.80. The number of ether oxygens (including phenoxy) is 2. The normalized spacial score (nSPS) is 11.7. The Morgan fingerprint density at radius 3 is 2.46 bits per heavy atom. The summed E-state index contributed by atoms with van der Waals surface area (Å²) in [7, 11) is 0. The first-order valence-electron chi connectivity index (χ1n) is 9.26. The molecule has 0 spiro atoms. The molecule has 0 aliphatic carbocycles. The van der Waals surface area contributed by atoms with Gasteiger partial charge in [-0.1, -0.05) is 38.1 Å². The highest BCUT2D eigenvalue weighted by Gasteiger charge is 2.18. The van der Waals surface area contributed by atoms with E-state index in [1.165, 1.54) is 5.56 Å². The van der Waals surface area contributed by atoms with Crippen molar-refractivity contribution < 1.29 is 14.3 Å². The van der Waals surface area contributed by atoms with Gasteiger partial charge in [0.2, 0.25) is 0 Å². The van der Waals surface area contributed by atoms with E-state index in [2.05, 4.69) is 24.4 Å². The smallest absolute Gasteiger partial charge is 0.261 e. The molecular formula is C22H29NO3. The summed E-state index contributed by atoms with van der Waals surface area (Å²) >= 11 is 0. The van der Waals surface area contributed by atoms with E-state index in [4.69, 9.17) is 9.47 Å². The van der Waals surface area contributed by atoms with E-state index in [1.54, 1.807) is 0 Å². The molecule has 2 aromatic carbocycles. The molecule has 0 unspecified atom stereocenters. The van der Waals surface area contributed by atoms with Crippen LogP contribution in [0.5, 0.6) is 11.5 Å². The van der Waals surface area contributed by atoms with Crippen LogP contribution in [0.1, 0.15) is 37.0 Å². The molecule has 0 aliphatic heterocycles. The molecule has 0 heterocycles. The largest absolute Gasteiger partial charge is 0.492 e. The van der Waals surface area contributed by atoms with Crippen LogP contribution in [0, 0.1) is 13.8 Å². The van der Waals surface area contributed by atoms with E-state index < -0.39 is 6.10 Å². The van der Waals surface area contributed by atoms with Crippen LogP contribution < -0.4 is 14.8 Å². The number of hydrogen-bond acceptors (Lipinski definition) is 3. The van der Waals surface area contributed by atoms with Crippen molar-refractivity contribution in [3.05, 3.63) is 59.2 Å². The summed E-state index contributed by atoms with van der Waals surface area (Å²) in [4.78, 5) is 12.4. The molecule has 1 amide bonds. The molecule has 140 valence electrons. The quantitative estimate of drug-likeness (QED) is 0.685. The minimum atomic E-state index is -0.501. The van der Waals surface area contributed by atoms with E-state index in [-0.39, 0.29) is 5.91 Å². The zero-order valence-corrected chi connectivity index (χ0v) is 16.2. The summed E-state index contributed by atoms with van der Waals surface area (Å²) < 4.78 is 11.6. The maximum absolute atomic E-state index is 12.4. The number of benzene rings is 2. The van der Waals surface area contributed by atoms with Crippen molar-refractivity contribution in [3.63, 3.8) is 0 Å². The zero-order valence-electron chi connectivity index (χ0n) is 16.2. The van der Waals surface area contributed by atoms with E-state index in [0.717, 1.165) is 29.0 Å². The number of carbonyl (C=O) groups excluding carboxylic acids is 1. The second kappa shape index (κ2) is 9.85. The predicted octanol–water partition coefficient (Wildman–Crippen LogP) is 4.22. The second-order valence-corrected chi connectivity index (χ2v) is 6.42. The van der Waals surface area contributed by atoms with Gasteiger partial charge in [0.25, 0.3) is 5.91 Å². The Kier molecular flexibility index (Phi) is 7.52. The van der Waals surface area contributed by atoms with Crippen LogP contribution in [0.15, 0.2) is 42.5 Å². The van der Waals surface area contributed by atoms with Gasteiger partial charge in [0.15, 0.2) is 6.10 Å². The molecule has 0 fully saturated rings. The van der Waals surface area contributed by atoms with Crippen molar-refractivity contribution in [3.8, 4) is 11.5 Å². The van der Waals surface area contributed by atoms with Crippen molar-refractivity contribution in [2.75, 3.05) is 13.2 Å². The Labute approximate surface area is 156 Å². The summed E-state index contributed by atoms with van der Waals surface area (Å²) in [6.07, 6.45) is 1.12. The fourth-order valence-corrected chi connectivity index (χ4v) is 2.59. The lowest BCUT2D eigenvalue weighted by Crippen LogP contribution is -2.39. The first-order valence-corrected chi connectivity index (χ1v) is 9.26. The third-order valence-corrected chi connectivity index (χ3v) is 4.28. The van der Waals surface area contributed by atoms with Crippen molar-refractivity contribution in [2.24, 2.45) is 0 Å². The minimum Gasteiger partial charge on any atom is -0.492 e. The highest BCUT2D eigenvalue weighted by atomic mass is 16.5. The standard InChI is InChI=1S/C22H29NO3/c1-5-18-9-11-19(12-10-18)25-14-13-23-22(24)20(6-2)26-21-15-16(3)7-8-17(21)4/h7-12,15,20H,5-6,13-14H2,1-4H3,(H,23,24)/t20-/m1/s1. The Morgan fingerprint density at radius 2 is 1.81 bits per heavy atom.